The van der Waals surface area contributed by atoms with Crippen LogP contribution < -0.4 is 5.32 Å². The van der Waals surface area contributed by atoms with Gasteiger partial charge in [0, 0.05) is 18.8 Å². The predicted molar refractivity (Wildman–Crippen MR) is 69.7 cm³/mol. The van der Waals surface area contributed by atoms with Crippen LogP contribution in [0.1, 0.15) is 26.3 Å². The number of aromatic amines is 1. The average molecular weight is 268 g/mol. The number of hydrogen-bond donors (Lipinski definition) is 2. The van der Waals surface area contributed by atoms with Crippen LogP contribution in [-0.2, 0) is 20.7 Å². The fourth-order valence-electron chi connectivity index (χ4n) is 1.51. The molecular weight excluding hydrogens is 248 g/mol. The molecule has 0 bridgehead atoms. The first-order chi connectivity index (χ1) is 8.81. The zero-order valence-corrected chi connectivity index (χ0v) is 11.6. The summed E-state index contributed by atoms with van der Waals surface area (Å²) in [5.74, 6) is -0.507. The highest BCUT2D eigenvalue weighted by atomic mass is 16.6. The molecule has 1 aromatic rings. The Balaban J connectivity index is 2.65. The molecule has 0 aliphatic carbocycles. The minimum atomic E-state index is -0.768. The zero-order valence-electron chi connectivity index (χ0n) is 11.6. The van der Waals surface area contributed by atoms with E-state index in [0.29, 0.717) is 6.42 Å². The van der Waals surface area contributed by atoms with Crippen LogP contribution in [0, 0.1) is 0 Å². The SMILES string of the molecule is COC(=O)C(Cc1cc[nH]c1)NC(=O)OC(C)(C)C. The zero-order chi connectivity index (χ0) is 14.5. The molecule has 0 spiro atoms. The Morgan fingerprint density at radius 3 is 2.58 bits per heavy atom. The minimum Gasteiger partial charge on any atom is -0.467 e. The van der Waals surface area contributed by atoms with Crippen molar-refractivity contribution in [3.05, 3.63) is 24.0 Å². The Labute approximate surface area is 112 Å². The molecule has 0 fully saturated rings. The van der Waals surface area contributed by atoms with Gasteiger partial charge < -0.3 is 19.8 Å². The lowest BCUT2D eigenvalue weighted by Crippen LogP contribution is -2.45. The molecule has 0 aliphatic rings. The maximum Gasteiger partial charge on any atom is 0.408 e. The van der Waals surface area contributed by atoms with Gasteiger partial charge in [-0.05, 0) is 32.4 Å². The molecule has 1 atom stereocenters. The fraction of sp³-hybridized carbons (Fsp3) is 0.538. The van der Waals surface area contributed by atoms with Gasteiger partial charge in [0.1, 0.15) is 11.6 Å². The number of methoxy groups -OCH3 is 1. The lowest BCUT2D eigenvalue weighted by molar-refractivity contribution is -0.143. The van der Waals surface area contributed by atoms with E-state index in [1.807, 2.05) is 6.07 Å². The van der Waals surface area contributed by atoms with Gasteiger partial charge in [-0.3, -0.25) is 0 Å². The first-order valence-electron chi connectivity index (χ1n) is 6.01. The number of alkyl carbamates (subject to hydrolysis) is 1. The second-order valence-electron chi connectivity index (χ2n) is 5.15. The van der Waals surface area contributed by atoms with Crippen molar-refractivity contribution >= 4 is 12.1 Å². The summed E-state index contributed by atoms with van der Waals surface area (Å²) in [5.41, 5.74) is 0.283. The molecule has 2 N–H and O–H groups in total. The van der Waals surface area contributed by atoms with Crippen molar-refractivity contribution < 1.29 is 19.1 Å². The summed E-state index contributed by atoms with van der Waals surface area (Å²) in [6.07, 6.45) is 3.21. The first kappa shape index (κ1) is 15.1. The van der Waals surface area contributed by atoms with Crippen molar-refractivity contribution in [1.82, 2.24) is 10.3 Å². The van der Waals surface area contributed by atoms with E-state index >= 15 is 0 Å². The Morgan fingerprint density at radius 1 is 1.42 bits per heavy atom. The van der Waals surface area contributed by atoms with Crippen LogP contribution in [0.4, 0.5) is 4.79 Å². The van der Waals surface area contributed by atoms with E-state index in [4.69, 9.17) is 4.74 Å². The van der Waals surface area contributed by atoms with Crippen molar-refractivity contribution in [3.8, 4) is 0 Å². The molecule has 106 valence electrons. The summed E-state index contributed by atoms with van der Waals surface area (Å²) < 4.78 is 9.79. The Kier molecular flexibility index (Phi) is 4.97. The van der Waals surface area contributed by atoms with E-state index in [2.05, 4.69) is 15.0 Å². The number of carbonyl (C=O) groups excluding carboxylic acids is 2. The highest BCUT2D eigenvalue weighted by molar-refractivity contribution is 5.81. The van der Waals surface area contributed by atoms with Crippen LogP contribution in [0.5, 0.6) is 0 Å². The molecule has 0 aliphatic heterocycles. The molecule has 6 heteroatoms. The Hall–Kier alpha value is -1.98. The van der Waals surface area contributed by atoms with E-state index in [9.17, 15) is 9.59 Å². The third-order valence-electron chi connectivity index (χ3n) is 2.28. The number of ether oxygens (including phenoxy) is 2. The third kappa shape index (κ3) is 5.46. The van der Waals surface area contributed by atoms with Crippen molar-refractivity contribution in [2.24, 2.45) is 0 Å². The molecule has 1 amide bonds. The quantitative estimate of drug-likeness (QED) is 0.813. The van der Waals surface area contributed by atoms with Crippen molar-refractivity contribution in [1.29, 1.82) is 0 Å². The van der Waals surface area contributed by atoms with E-state index in [-0.39, 0.29) is 0 Å². The largest absolute Gasteiger partial charge is 0.467 e. The lowest BCUT2D eigenvalue weighted by Gasteiger charge is -2.22. The number of esters is 1. The summed E-state index contributed by atoms with van der Waals surface area (Å²) in [6.45, 7) is 5.27. The van der Waals surface area contributed by atoms with E-state index < -0.39 is 23.7 Å². The Bertz CT molecular complexity index is 420. The first-order valence-corrected chi connectivity index (χ1v) is 6.01. The molecule has 0 saturated heterocycles. The number of rotatable bonds is 4. The second kappa shape index (κ2) is 6.26. The van der Waals surface area contributed by atoms with Gasteiger partial charge in [-0.1, -0.05) is 0 Å². The third-order valence-corrected chi connectivity index (χ3v) is 2.28. The van der Waals surface area contributed by atoms with Crippen LogP contribution in [0.3, 0.4) is 0 Å². The molecule has 0 aromatic carbocycles. The van der Waals surface area contributed by atoms with Crippen LogP contribution in [0.15, 0.2) is 18.5 Å². The fourth-order valence-corrected chi connectivity index (χ4v) is 1.51. The molecule has 1 rings (SSSR count). The van der Waals surface area contributed by atoms with Crippen LogP contribution >= 0.6 is 0 Å². The number of H-pyrrole nitrogens is 1. The van der Waals surface area contributed by atoms with Gasteiger partial charge in [-0.15, -0.1) is 0 Å². The topological polar surface area (TPSA) is 80.4 Å². The van der Waals surface area contributed by atoms with Crippen molar-refractivity contribution in [2.45, 2.75) is 38.8 Å². The number of amides is 1. The monoisotopic (exact) mass is 268 g/mol. The predicted octanol–water partition coefficient (Wildman–Crippen LogP) is 1.62. The van der Waals surface area contributed by atoms with Crippen LogP contribution in [-0.4, -0.2) is 35.8 Å². The van der Waals surface area contributed by atoms with Gasteiger partial charge in [0.2, 0.25) is 0 Å². The van der Waals surface area contributed by atoms with Gasteiger partial charge >= 0.3 is 12.1 Å². The number of nitrogens with one attached hydrogen (secondary N) is 2. The summed E-state index contributed by atoms with van der Waals surface area (Å²) >= 11 is 0. The molecule has 1 aromatic heterocycles. The van der Waals surface area contributed by atoms with E-state index in [0.717, 1.165) is 5.56 Å². The second-order valence-corrected chi connectivity index (χ2v) is 5.15. The number of carbonyl (C=O) groups is 2. The van der Waals surface area contributed by atoms with Crippen LogP contribution in [0.25, 0.3) is 0 Å². The molecule has 19 heavy (non-hydrogen) atoms. The smallest absolute Gasteiger partial charge is 0.408 e. The molecule has 1 unspecified atom stereocenters. The molecule has 0 radical (unpaired) electrons. The molecule has 6 nitrogen and oxygen atoms in total. The van der Waals surface area contributed by atoms with E-state index in [1.165, 1.54) is 7.11 Å². The minimum absolute atomic E-state index is 0.343. The normalized spacial score (nSPS) is 12.6. The highest BCUT2D eigenvalue weighted by Crippen LogP contribution is 2.08. The van der Waals surface area contributed by atoms with Gasteiger partial charge in [-0.25, -0.2) is 9.59 Å². The summed E-state index contributed by atoms with van der Waals surface area (Å²) in [6, 6.07) is 1.06. The Morgan fingerprint density at radius 2 is 2.11 bits per heavy atom. The van der Waals surface area contributed by atoms with Crippen molar-refractivity contribution in [2.75, 3.05) is 7.11 Å². The maximum atomic E-state index is 11.7. The van der Waals surface area contributed by atoms with Gasteiger partial charge in [-0.2, -0.15) is 0 Å². The summed E-state index contributed by atoms with van der Waals surface area (Å²) in [5, 5.41) is 2.51. The highest BCUT2D eigenvalue weighted by Gasteiger charge is 2.25. The van der Waals surface area contributed by atoms with Gasteiger partial charge in [0.15, 0.2) is 0 Å². The average Bonchev–Trinajstić information content (AvgIpc) is 2.77. The number of aromatic nitrogens is 1. The van der Waals surface area contributed by atoms with Gasteiger partial charge in [0.25, 0.3) is 0 Å². The number of hydrogen-bond acceptors (Lipinski definition) is 4. The van der Waals surface area contributed by atoms with E-state index in [1.54, 1.807) is 33.2 Å². The molecule has 1 heterocycles. The standard InChI is InChI=1S/C13H20N2O4/c1-13(2,3)19-12(17)15-10(11(16)18-4)7-9-5-6-14-8-9/h5-6,8,10,14H,7H2,1-4H3,(H,15,17). The van der Waals surface area contributed by atoms with Crippen LogP contribution in [0.2, 0.25) is 0 Å². The lowest BCUT2D eigenvalue weighted by atomic mass is 10.1. The summed E-state index contributed by atoms with van der Waals surface area (Å²) in [4.78, 5) is 26.2. The molecular formula is C13H20N2O4. The van der Waals surface area contributed by atoms with Gasteiger partial charge in [0.05, 0.1) is 7.11 Å². The molecule has 0 saturated carbocycles. The van der Waals surface area contributed by atoms with Crippen molar-refractivity contribution in [3.63, 3.8) is 0 Å². The summed E-state index contributed by atoms with van der Waals surface area (Å²) in [7, 11) is 1.28. The maximum absolute atomic E-state index is 11.7.